The Labute approximate surface area is 186 Å². The van der Waals surface area contributed by atoms with E-state index in [1.54, 1.807) is 36.4 Å². The summed E-state index contributed by atoms with van der Waals surface area (Å²) in [5.41, 5.74) is 1.51. The highest BCUT2D eigenvalue weighted by Gasteiger charge is 2.15. The predicted molar refractivity (Wildman–Crippen MR) is 123 cm³/mol. The average molecular weight is 456 g/mol. The highest BCUT2D eigenvalue weighted by Crippen LogP contribution is 2.30. The van der Waals surface area contributed by atoms with Gasteiger partial charge in [-0.1, -0.05) is 71.4 Å². The molecule has 0 saturated heterocycles. The molecular weight excluding hydrogens is 441 g/mol. The largest absolute Gasteiger partial charge is 0.324 e. The Morgan fingerprint density at radius 3 is 2.50 bits per heavy atom. The third kappa shape index (κ3) is 4.21. The fourth-order valence-electron chi connectivity index (χ4n) is 2.93. The van der Waals surface area contributed by atoms with E-state index in [9.17, 15) is 9.59 Å². The van der Waals surface area contributed by atoms with Gasteiger partial charge in [-0.2, -0.15) is 0 Å². The SMILES string of the molecule is O=C(CSc1nc2ccccc2c(=O)n1-c1ccccc1)Nc1cccc(Cl)c1Cl. The van der Waals surface area contributed by atoms with Crippen LogP contribution in [-0.2, 0) is 4.79 Å². The normalized spacial score (nSPS) is 10.9. The number of rotatable bonds is 5. The molecule has 0 fully saturated rings. The fraction of sp³-hybridized carbons (Fsp3) is 0.0455. The predicted octanol–water partition coefficient (Wildman–Crippen LogP) is 5.42. The topological polar surface area (TPSA) is 64.0 Å². The molecule has 0 aliphatic heterocycles. The number of hydrogen-bond acceptors (Lipinski definition) is 4. The summed E-state index contributed by atoms with van der Waals surface area (Å²) in [6.45, 7) is 0. The Hall–Kier alpha value is -2.80. The maximum atomic E-state index is 13.1. The molecule has 0 spiro atoms. The van der Waals surface area contributed by atoms with Gasteiger partial charge in [0, 0.05) is 0 Å². The number of aromatic nitrogens is 2. The highest BCUT2D eigenvalue weighted by atomic mass is 35.5. The van der Waals surface area contributed by atoms with Gasteiger partial charge in [-0.3, -0.25) is 14.2 Å². The van der Waals surface area contributed by atoms with Crippen molar-refractivity contribution in [2.45, 2.75) is 5.16 Å². The molecule has 1 heterocycles. The van der Waals surface area contributed by atoms with Crippen LogP contribution in [0, 0.1) is 0 Å². The van der Waals surface area contributed by atoms with Crippen molar-refractivity contribution < 1.29 is 4.79 Å². The van der Waals surface area contributed by atoms with Crippen LogP contribution in [0.2, 0.25) is 10.0 Å². The number of thioether (sulfide) groups is 1. The first-order valence-electron chi connectivity index (χ1n) is 8.98. The molecule has 1 amide bonds. The second-order valence-electron chi connectivity index (χ2n) is 6.33. The number of carbonyl (C=O) groups excluding carboxylic acids is 1. The van der Waals surface area contributed by atoms with Crippen LogP contribution < -0.4 is 10.9 Å². The van der Waals surface area contributed by atoms with Crippen LogP contribution in [0.1, 0.15) is 0 Å². The van der Waals surface area contributed by atoms with E-state index < -0.39 is 0 Å². The van der Waals surface area contributed by atoms with E-state index in [2.05, 4.69) is 10.3 Å². The van der Waals surface area contributed by atoms with Crippen molar-refractivity contribution in [3.63, 3.8) is 0 Å². The molecule has 0 unspecified atom stereocenters. The van der Waals surface area contributed by atoms with Crippen molar-refractivity contribution in [1.29, 1.82) is 0 Å². The number of anilines is 1. The molecule has 4 rings (SSSR count). The number of amides is 1. The van der Waals surface area contributed by atoms with Crippen LogP contribution in [-0.4, -0.2) is 21.2 Å². The summed E-state index contributed by atoms with van der Waals surface area (Å²) >= 11 is 13.3. The van der Waals surface area contributed by atoms with Crippen LogP contribution in [0.25, 0.3) is 16.6 Å². The first kappa shape index (κ1) is 20.5. The van der Waals surface area contributed by atoms with Gasteiger partial charge in [-0.15, -0.1) is 0 Å². The summed E-state index contributed by atoms with van der Waals surface area (Å²) in [7, 11) is 0. The molecule has 1 N–H and O–H groups in total. The summed E-state index contributed by atoms with van der Waals surface area (Å²) in [6.07, 6.45) is 0. The van der Waals surface area contributed by atoms with Crippen molar-refractivity contribution in [3.8, 4) is 5.69 Å². The van der Waals surface area contributed by atoms with Crippen molar-refractivity contribution in [2.75, 3.05) is 11.1 Å². The molecule has 0 bridgehead atoms. The van der Waals surface area contributed by atoms with E-state index in [-0.39, 0.29) is 22.2 Å². The molecule has 4 aromatic rings. The zero-order valence-corrected chi connectivity index (χ0v) is 17.8. The van der Waals surface area contributed by atoms with E-state index in [0.29, 0.717) is 32.5 Å². The fourth-order valence-corrected chi connectivity index (χ4v) is 4.09. The molecule has 0 saturated carbocycles. The number of para-hydroxylation sites is 2. The molecule has 30 heavy (non-hydrogen) atoms. The third-order valence-electron chi connectivity index (χ3n) is 4.32. The van der Waals surface area contributed by atoms with Gasteiger partial charge in [0.25, 0.3) is 5.56 Å². The number of hydrogen-bond donors (Lipinski definition) is 1. The molecule has 0 aliphatic rings. The third-order valence-corrected chi connectivity index (χ3v) is 6.07. The van der Waals surface area contributed by atoms with Gasteiger partial charge in [0.2, 0.25) is 5.91 Å². The Bertz CT molecular complexity index is 1290. The van der Waals surface area contributed by atoms with Gasteiger partial charge in [-0.25, -0.2) is 4.98 Å². The monoisotopic (exact) mass is 455 g/mol. The zero-order valence-electron chi connectivity index (χ0n) is 15.5. The number of nitrogens with zero attached hydrogens (tertiary/aromatic N) is 2. The first-order valence-corrected chi connectivity index (χ1v) is 10.7. The number of benzene rings is 3. The van der Waals surface area contributed by atoms with Gasteiger partial charge in [-0.05, 0) is 36.4 Å². The van der Waals surface area contributed by atoms with Crippen molar-refractivity contribution in [1.82, 2.24) is 9.55 Å². The second-order valence-corrected chi connectivity index (χ2v) is 8.05. The second kappa shape index (κ2) is 8.92. The number of carbonyl (C=O) groups is 1. The molecule has 5 nitrogen and oxygen atoms in total. The average Bonchev–Trinajstić information content (AvgIpc) is 2.76. The Morgan fingerprint density at radius 1 is 0.967 bits per heavy atom. The van der Waals surface area contributed by atoms with Crippen LogP contribution in [0.15, 0.2) is 82.7 Å². The zero-order chi connectivity index (χ0) is 21.1. The van der Waals surface area contributed by atoms with Gasteiger partial charge >= 0.3 is 0 Å². The van der Waals surface area contributed by atoms with Crippen LogP contribution >= 0.6 is 35.0 Å². The first-order chi connectivity index (χ1) is 14.5. The Morgan fingerprint density at radius 2 is 1.70 bits per heavy atom. The van der Waals surface area contributed by atoms with E-state index >= 15 is 0 Å². The number of nitrogens with one attached hydrogen (secondary N) is 1. The molecule has 3 aromatic carbocycles. The smallest absolute Gasteiger partial charge is 0.266 e. The standard InChI is InChI=1S/C22H15Cl2N3O2S/c23-16-10-6-12-18(20(16)24)25-19(28)13-30-22-26-17-11-5-4-9-15(17)21(29)27(22)14-7-2-1-3-8-14/h1-12H,13H2,(H,25,28). The quantitative estimate of drug-likeness (QED) is 0.322. The summed E-state index contributed by atoms with van der Waals surface area (Å²) in [6, 6.07) is 21.4. The summed E-state index contributed by atoms with van der Waals surface area (Å²) < 4.78 is 1.52. The Kier molecular flexibility index (Phi) is 6.08. The van der Waals surface area contributed by atoms with Gasteiger partial charge in [0.1, 0.15) is 0 Å². The van der Waals surface area contributed by atoms with Gasteiger partial charge in [0.15, 0.2) is 5.16 Å². The van der Waals surface area contributed by atoms with Crippen molar-refractivity contribution >= 4 is 57.5 Å². The van der Waals surface area contributed by atoms with Gasteiger partial charge in [0.05, 0.1) is 38.1 Å². The maximum Gasteiger partial charge on any atom is 0.266 e. The van der Waals surface area contributed by atoms with E-state index in [1.807, 2.05) is 36.4 Å². The Balaban J connectivity index is 1.66. The molecule has 0 atom stereocenters. The summed E-state index contributed by atoms with van der Waals surface area (Å²) in [4.78, 5) is 30.3. The number of fused-ring (bicyclic) bond motifs is 1. The molecule has 150 valence electrons. The van der Waals surface area contributed by atoms with Crippen molar-refractivity contribution in [2.24, 2.45) is 0 Å². The van der Waals surface area contributed by atoms with E-state index in [0.717, 1.165) is 0 Å². The minimum atomic E-state index is -0.286. The molecule has 0 radical (unpaired) electrons. The van der Waals surface area contributed by atoms with Crippen LogP contribution in [0.3, 0.4) is 0 Å². The molecule has 8 heteroatoms. The molecule has 1 aromatic heterocycles. The molecular formula is C22H15Cl2N3O2S. The van der Waals surface area contributed by atoms with Gasteiger partial charge < -0.3 is 5.32 Å². The lowest BCUT2D eigenvalue weighted by atomic mass is 10.2. The lowest BCUT2D eigenvalue weighted by Gasteiger charge is -2.13. The van der Waals surface area contributed by atoms with Crippen LogP contribution in [0.4, 0.5) is 5.69 Å². The minimum absolute atomic E-state index is 0.0421. The lowest BCUT2D eigenvalue weighted by molar-refractivity contribution is -0.113. The summed E-state index contributed by atoms with van der Waals surface area (Å²) in [5.74, 6) is -0.244. The number of halogens is 2. The summed E-state index contributed by atoms with van der Waals surface area (Å²) in [5, 5.41) is 4.32. The molecule has 0 aliphatic carbocycles. The lowest BCUT2D eigenvalue weighted by Crippen LogP contribution is -2.23. The van der Waals surface area contributed by atoms with Crippen molar-refractivity contribution in [3.05, 3.63) is 93.2 Å². The van der Waals surface area contributed by atoms with E-state index in [4.69, 9.17) is 23.2 Å². The highest BCUT2D eigenvalue weighted by molar-refractivity contribution is 7.99. The van der Waals surface area contributed by atoms with E-state index in [1.165, 1.54) is 16.3 Å². The maximum absolute atomic E-state index is 13.1. The minimum Gasteiger partial charge on any atom is -0.324 e. The van der Waals surface area contributed by atoms with Crippen LogP contribution in [0.5, 0.6) is 0 Å².